The van der Waals surface area contributed by atoms with Crippen molar-refractivity contribution < 1.29 is 23.8 Å². The number of nitrogens with zero attached hydrogens (tertiary/aromatic N) is 1. The molecular weight excluding hydrogens is 303 g/mol. The van der Waals surface area contributed by atoms with Gasteiger partial charge < -0.3 is 9.84 Å². The number of benzene rings is 1. The fourth-order valence-corrected chi connectivity index (χ4v) is 1.87. The molecule has 1 amide bonds. The number of carbonyl (C=O) groups excluding carboxylic acids is 2. The van der Waals surface area contributed by atoms with Crippen LogP contribution in [-0.4, -0.2) is 30.3 Å². The highest BCUT2D eigenvalue weighted by Gasteiger charge is 2.03. The Bertz CT molecular complexity index is 561. The topological polar surface area (TPSA) is 88.0 Å². The highest BCUT2D eigenvalue weighted by atomic mass is 19.1. The standard InChI is InChI=1S/C16H21FN2O4/c1-23-16(22)7-5-3-2-4-6-15(21)19-18-11-12-10-13(17)8-9-14(12)20/h8-11,20H,2-7H2,1H3,(H,19,21)/b18-11+. The van der Waals surface area contributed by atoms with Gasteiger partial charge in [0.05, 0.1) is 13.3 Å². The maximum Gasteiger partial charge on any atom is 0.305 e. The van der Waals surface area contributed by atoms with Crippen molar-refractivity contribution in [3.8, 4) is 5.75 Å². The van der Waals surface area contributed by atoms with Gasteiger partial charge in [0.25, 0.3) is 0 Å². The average molecular weight is 324 g/mol. The van der Waals surface area contributed by atoms with Crippen LogP contribution in [0.3, 0.4) is 0 Å². The maximum atomic E-state index is 13.0. The van der Waals surface area contributed by atoms with Gasteiger partial charge in [0.15, 0.2) is 0 Å². The summed E-state index contributed by atoms with van der Waals surface area (Å²) in [5.41, 5.74) is 2.51. The van der Waals surface area contributed by atoms with Gasteiger partial charge in [0, 0.05) is 18.4 Å². The van der Waals surface area contributed by atoms with Crippen LogP contribution in [0.15, 0.2) is 23.3 Å². The second kappa shape index (κ2) is 10.3. The fraction of sp³-hybridized carbons (Fsp3) is 0.438. The zero-order valence-corrected chi connectivity index (χ0v) is 13.0. The molecule has 1 aromatic carbocycles. The average Bonchev–Trinajstić information content (AvgIpc) is 2.53. The first-order valence-electron chi connectivity index (χ1n) is 7.40. The van der Waals surface area contributed by atoms with Crippen molar-refractivity contribution in [1.29, 1.82) is 0 Å². The van der Waals surface area contributed by atoms with Crippen LogP contribution in [0.1, 0.15) is 44.1 Å². The van der Waals surface area contributed by atoms with Crippen LogP contribution in [0.2, 0.25) is 0 Å². The second-order valence-corrected chi connectivity index (χ2v) is 4.99. The van der Waals surface area contributed by atoms with E-state index in [1.165, 1.54) is 19.4 Å². The summed E-state index contributed by atoms with van der Waals surface area (Å²) >= 11 is 0. The molecule has 0 radical (unpaired) electrons. The Hall–Kier alpha value is -2.44. The van der Waals surface area contributed by atoms with Gasteiger partial charge in [-0.3, -0.25) is 9.59 Å². The first kappa shape index (κ1) is 18.6. The van der Waals surface area contributed by atoms with E-state index in [0.29, 0.717) is 19.3 Å². The molecule has 6 nitrogen and oxygen atoms in total. The van der Waals surface area contributed by atoms with Gasteiger partial charge in [-0.1, -0.05) is 12.8 Å². The number of halogens is 1. The van der Waals surface area contributed by atoms with Crippen molar-refractivity contribution in [1.82, 2.24) is 5.43 Å². The number of nitrogens with one attached hydrogen (secondary N) is 1. The van der Waals surface area contributed by atoms with Gasteiger partial charge in [-0.05, 0) is 31.0 Å². The van der Waals surface area contributed by atoms with Crippen molar-refractivity contribution in [2.24, 2.45) is 5.10 Å². The number of methoxy groups -OCH3 is 1. The summed E-state index contributed by atoms with van der Waals surface area (Å²) in [4.78, 5) is 22.4. The summed E-state index contributed by atoms with van der Waals surface area (Å²) in [7, 11) is 1.36. The number of carbonyl (C=O) groups is 2. The fourth-order valence-electron chi connectivity index (χ4n) is 1.87. The first-order chi connectivity index (χ1) is 11.0. The Morgan fingerprint density at radius 3 is 2.65 bits per heavy atom. The van der Waals surface area contributed by atoms with E-state index in [9.17, 15) is 19.1 Å². The molecule has 0 aliphatic carbocycles. The van der Waals surface area contributed by atoms with Crippen LogP contribution in [0.5, 0.6) is 5.75 Å². The number of hydrogen-bond acceptors (Lipinski definition) is 5. The molecule has 0 fully saturated rings. The molecule has 23 heavy (non-hydrogen) atoms. The summed E-state index contributed by atoms with van der Waals surface area (Å²) < 4.78 is 17.5. The van der Waals surface area contributed by atoms with E-state index >= 15 is 0 Å². The molecule has 2 N–H and O–H groups in total. The molecule has 1 aromatic rings. The van der Waals surface area contributed by atoms with Gasteiger partial charge in [-0.15, -0.1) is 0 Å². The SMILES string of the molecule is COC(=O)CCCCCCC(=O)N/N=C/c1cc(F)ccc1O. The minimum atomic E-state index is -0.498. The van der Waals surface area contributed by atoms with E-state index in [-0.39, 0.29) is 23.2 Å². The number of phenolic OH excluding ortho intramolecular Hbond substituents is 1. The Labute approximate surface area is 134 Å². The molecule has 0 bridgehead atoms. The van der Waals surface area contributed by atoms with Crippen LogP contribution in [-0.2, 0) is 14.3 Å². The largest absolute Gasteiger partial charge is 0.507 e. The van der Waals surface area contributed by atoms with Crippen LogP contribution >= 0.6 is 0 Å². The molecule has 7 heteroatoms. The third kappa shape index (κ3) is 7.94. The Morgan fingerprint density at radius 1 is 1.26 bits per heavy atom. The number of rotatable bonds is 9. The molecule has 0 aliphatic rings. The van der Waals surface area contributed by atoms with Gasteiger partial charge in [-0.2, -0.15) is 5.10 Å². The van der Waals surface area contributed by atoms with Gasteiger partial charge in [0.2, 0.25) is 5.91 Å². The van der Waals surface area contributed by atoms with Crippen LogP contribution in [0, 0.1) is 5.82 Å². The number of hydrogen-bond donors (Lipinski definition) is 2. The molecule has 0 atom stereocenters. The molecule has 126 valence electrons. The van der Waals surface area contributed by atoms with Gasteiger partial charge in [0.1, 0.15) is 11.6 Å². The predicted octanol–water partition coefficient (Wildman–Crippen LogP) is 2.50. The Balaban J connectivity index is 2.18. The molecule has 0 unspecified atom stereocenters. The molecule has 0 heterocycles. The predicted molar refractivity (Wildman–Crippen MR) is 83.5 cm³/mol. The summed E-state index contributed by atoms with van der Waals surface area (Å²) in [5.74, 6) is -1.10. The quantitative estimate of drug-likeness (QED) is 0.316. The number of hydrazone groups is 1. The smallest absolute Gasteiger partial charge is 0.305 e. The second-order valence-electron chi connectivity index (χ2n) is 4.99. The third-order valence-corrected chi connectivity index (χ3v) is 3.14. The summed E-state index contributed by atoms with van der Waals surface area (Å²) in [6.07, 6.45) is 5.00. The molecule has 1 rings (SSSR count). The number of aromatic hydroxyl groups is 1. The van der Waals surface area contributed by atoms with E-state index in [0.717, 1.165) is 31.4 Å². The molecule has 0 saturated heterocycles. The summed E-state index contributed by atoms with van der Waals surface area (Å²) in [6.45, 7) is 0. The van der Waals surface area contributed by atoms with E-state index in [4.69, 9.17) is 0 Å². The lowest BCUT2D eigenvalue weighted by Gasteiger charge is -2.02. The van der Waals surface area contributed by atoms with Crippen molar-refractivity contribution in [2.75, 3.05) is 7.11 Å². The van der Waals surface area contributed by atoms with Crippen molar-refractivity contribution in [3.63, 3.8) is 0 Å². The highest BCUT2D eigenvalue weighted by Crippen LogP contribution is 2.15. The summed E-state index contributed by atoms with van der Waals surface area (Å²) in [6, 6.07) is 3.46. The monoisotopic (exact) mass is 324 g/mol. The molecular formula is C16H21FN2O4. The maximum absolute atomic E-state index is 13.0. The zero-order valence-electron chi connectivity index (χ0n) is 13.0. The highest BCUT2D eigenvalue weighted by molar-refractivity contribution is 5.85. The van der Waals surface area contributed by atoms with Crippen LogP contribution < -0.4 is 5.43 Å². The number of ether oxygens (including phenoxy) is 1. The van der Waals surface area contributed by atoms with Crippen molar-refractivity contribution >= 4 is 18.1 Å². The Morgan fingerprint density at radius 2 is 1.96 bits per heavy atom. The van der Waals surface area contributed by atoms with E-state index in [1.807, 2.05) is 0 Å². The van der Waals surface area contributed by atoms with E-state index in [2.05, 4.69) is 15.3 Å². The van der Waals surface area contributed by atoms with E-state index in [1.54, 1.807) is 0 Å². The number of amides is 1. The third-order valence-electron chi connectivity index (χ3n) is 3.14. The molecule has 0 aromatic heterocycles. The zero-order chi connectivity index (χ0) is 17.1. The number of esters is 1. The van der Waals surface area contributed by atoms with Gasteiger partial charge >= 0.3 is 5.97 Å². The first-order valence-corrected chi connectivity index (χ1v) is 7.40. The minimum Gasteiger partial charge on any atom is -0.507 e. The number of phenols is 1. The van der Waals surface area contributed by atoms with Gasteiger partial charge in [-0.25, -0.2) is 9.82 Å². The van der Waals surface area contributed by atoms with Crippen molar-refractivity contribution in [2.45, 2.75) is 38.5 Å². The lowest BCUT2D eigenvalue weighted by atomic mass is 10.1. The number of unbranched alkanes of at least 4 members (excludes halogenated alkanes) is 3. The lowest BCUT2D eigenvalue weighted by Crippen LogP contribution is -2.16. The van der Waals surface area contributed by atoms with Crippen LogP contribution in [0.25, 0.3) is 0 Å². The molecule has 0 spiro atoms. The molecule has 0 saturated carbocycles. The van der Waals surface area contributed by atoms with E-state index < -0.39 is 5.82 Å². The normalized spacial score (nSPS) is 10.7. The lowest BCUT2D eigenvalue weighted by molar-refractivity contribution is -0.140. The van der Waals surface area contributed by atoms with Crippen LogP contribution in [0.4, 0.5) is 4.39 Å². The minimum absolute atomic E-state index is 0.116. The molecule has 0 aliphatic heterocycles. The Kier molecular flexibility index (Phi) is 8.34. The summed E-state index contributed by atoms with van der Waals surface area (Å²) in [5, 5.41) is 13.2. The van der Waals surface area contributed by atoms with Crippen molar-refractivity contribution in [3.05, 3.63) is 29.6 Å².